The molecule has 4 aromatic carbocycles. The molecule has 3 N–H and O–H groups in total. The molecule has 0 unspecified atom stereocenters. The minimum absolute atomic E-state index is 0.00592. The number of amides is 3. The van der Waals surface area contributed by atoms with Crippen molar-refractivity contribution in [3.05, 3.63) is 102 Å². The van der Waals surface area contributed by atoms with Crippen LogP contribution in [0, 0.1) is 5.92 Å². The highest BCUT2D eigenvalue weighted by molar-refractivity contribution is 6.06. The Kier molecular flexibility index (Phi) is 9.59. The SMILES string of the molecule is C[C@@H]1CN([C@@H](C)CO)C(=O)Cc2cc(NC(=O)Nc3cccc4ccccc34)ccc2O[C@@H]1CN(C)Cc1ccccc1. The van der Waals surface area contributed by atoms with Crippen LogP contribution in [0.25, 0.3) is 10.8 Å². The number of nitrogens with zero attached hydrogens (tertiary/aromatic N) is 2. The van der Waals surface area contributed by atoms with E-state index < -0.39 is 0 Å². The van der Waals surface area contributed by atoms with Gasteiger partial charge in [-0.3, -0.25) is 9.69 Å². The first-order chi connectivity index (χ1) is 20.8. The number of aliphatic hydroxyl groups is 1. The first kappa shape index (κ1) is 30.1. The molecule has 43 heavy (non-hydrogen) atoms. The second kappa shape index (κ2) is 13.7. The lowest BCUT2D eigenvalue weighted by Crippen LogP contribution is -2.47. The number of ether oxygens (including phenoxy) is 1. The number of anilines is 2. The fourth-order valence-corrected chi connectivity index (χ4v) is 5.61. The molecule has 0 saturated carbocycles. The molecule has 0 bridgehead atoms. The minimum atomic E-state index is -0.379. The van der Waals surface area contributed by atoms with Gasteiger partial charge in [-0.25, -0.2) is 4.79 Å². The van der Waals surface area contributed by atoms with Crippen LogP contribution in [-0.4, -0.2) is 65.7 Å². The van der Waals surface area contributed by atoms with Crippen molar-refractivity contribution in [2.45, 2.75) is 39.0 Å². The number of hydrogen-bond donors (Lipinski definition) is 3. The molecule has 224 valence electrons. The van der Waals surface area contributed by atoms with Crippen LogP contribution < -0.4 is 15.4 Å². The van der Waals surface area contributed by atoms with E-state index in [0.29, 0.717) is 35.8 Å². The van der Waals surface area contributed by atoms with Crippen LogP contribution in [0.15, 0.2) is 91.0 Å². The highest BCUT2D eigenvalue weighted by atomic mass is 16.5. The normalized spacial score (nSPS) is 17.8. The van der Waals surface area contributed by atoms with Crippen LogP contribution in [0.3, 0.4) is 0 Å². The van der Waals surface area contributed by atoms with Gasteiger partial charge in [0, 0.05) is 42.2 Å². The smallest absolute Gasteiger partial charge is 0.323 e. The summed E-state index contributed by atoms with van der Waals surface area (Å²) in [5.41, 5.74) is 3.17. The van der Waals surface area contributed by atoms with E-state index in [1.165, 1.54) is 5.56 Å². The van der Waals surface area contributed by atoms with Gasteiger partial charge in [-0.1, -0.05) is 73.7 Å². The Morgan fingerprint density at radius 3 is 2.56 bits per heavy atom. The van der Waals surface area contributed by atoms with Crippen LogP contribution in [0.2, 0.25) is 0 Å². The molecule has 4 aromatic rings. The van der Waals surface area contributed by atoms with Crippen molar-refractivity contribution in [2.24, 2.45) is 5.92 Å². The Balaban J connectivity index is 1.37. The highest BCUT2D eigenvalue weighted by Crippen LogP contribution is 2.30. The quantitative estimate of drug-likeness (QED) is 0.246. The van der Waals surface area contributed by atoms with Gasteiger partial charge in [0.1, 0.15) is 11.9 Å². The summed E-state index contributed by atoms with van der Waals surface area (Å²) in [7, 11) is 2.07. The number of carbonyl (C=O) groups is 2. The van der Waals surface area contributed by atoms with E-state index in [1.54, 1.807) is 17.0 Å². The van der Waals surface area contributed by atoms with Crippen molar-refractivity contribution in [3.8, 4) is 5.75 Å². The van der Waals surface area contributed by atoms with Crippen LogP contribution in [0.5, 0.6) is 5.75 Å². The van der Waals surface area contributed by atoms with E-state index in [0.717, 1.165) is 17.3 Å². The summed E-state index contributed by atoms with van der Waals surface area (Å²) in [6, 6.07) is 28.7. The second-order valence-electron chi connectivity index (χ2n) is 11.5. The van der Waals surface area contributed by atoms with Crippen molar-refractivity contribution >= 4 is 34.1 Å². The summed E-state index contributed by atoms with van der Waals surface area (Å²) in [6.45, 7) is 5.71. The monoisotopic (exact) mass is 580 g/mol. The van der Waals surface area contributed by atoms with Crippen molar-refractivity contribution in [2.75, 3.05) is 37.4 Å². The summed E-state index contributed by atoms with van der Waals surface area (Å²) in [5, 5.41) is 17.8. The third-order valence-corrected chi connectivity index (χ3v) is 8.00. The number of hydrogen-bond acceptors (Lipinski definition) is 5. The molecule has 8 nitrogen and oxygen atoms in total. The molecule has 0 saturated heterocycles. The number of nitrogens with one attached hydrogen (secondary N) is 2. The first-order valence-electron chi connectivity index (χ1n) is 14.8. The summed E-state index contributed by atoms with van der Waals surface area (Å²) >= 11 is 0. The topological polar surface area (TPSA) is 94.1 Å². The average Bonchev–Trinajstić information content (AvgIpc) is 3.04. The molecular weight excluding hydrogens is 540 g/mol. The van der Waals surface area contributed by atoms with Gasteiger partial charge >= 0.3 is 6.03 Å². The van der Waals surface area contributed by atoms with Crippen molar-refractivity contribution < 1.29 is 19.4 Å². The van der Waals surface area contributed by atoms with Gasteiger partial charge in [0.2, 0.25) is 5.91 Å². The molecule has 5 rings (SSSR count). The van der Waals surface area contributed by atoms with Gasteiger partial charge in [0.15, 0.2) is 0 Å². The minimum Gasteiger partial charge on any atom is -0.488 e. The standard InChI is InChI=1S/C35H40N4O4/c1-24-20-39(25(2)23-40)34(41)19-28-18-29(36-35(42)37-31-15-9-13-27-12-7-8-14-30(27)31)16-17-32(28)43-33(24)22-38(3)21-26-10-5-4-6-11-26/h4-18,24-25,33,40H,19-23H2,1-3H3,(H2,36,37,42)/t24-,25+,33-/m1/s1. The molecule has 0 fully saturated rings. The number of likely N-dealkylation sites (N-methyl/N-ethyl adjacent to an activating group) is 1. The molecule has 0 spiro atoms. The number of aliphatic hydroxyl groups excluding tert-OH is 1. The van der Waals surface area contributed by atoms with Gasteiger partial charge in [-0.15, -0.1) is 0 Å². The van der Waals surface area contributed by atoms with Crippen molar-refractivity contribution in [1.82, 2.24) is 9.80 Å². The Hall–Kier alpha value is -4.40. The summed E-state index contributed by atoms with van der Waals surface area (Å²) in [5.74, 6) is 0.539. The van der Waals surface area contributed by atoms with Gasteiger partial charge in [0.25, 0.3) is 0 Å². The average molecular weight is 581 g/mol. The Morgan fingerprint density at radius 2 is 1.77 bits per heavy atom. The van der Waals surface area contributed by atoms with E-state index in [-0.39, 0.29) is 43.0 Å². The number of urea groups is 1. The van der Waals surface area contributed by atoms with E-state index in [2.05, 4.69) is 41.6 Å². The van der Waals surface area contributed by atoms with Gasteiger partial charge in [0.05, 0.1) is 24.8 Å². The fraction of sp³-hybridized carbons (Fsp3) is 0.314. The molecule has 1 aliphatic heterocycles. The lowest BCUT2D eigenvalue weighted by molar-refractivity contribution is -0.134. The summed E-state index contributed by atoms with van der Waals surface area (Å²) in [4.78, 5) is 30.5. The Bertz CT molecular complexity index is 1560. The summed E-state index contributed by atoms with van der Waals surface area (Å²) in [6.07, 6.45) is -0.111. The van der Waals surface area contributed by atoms with Gasteiger partial charge in [-0.05, 0) is 49.2 Å². The lowest BCUT2D eigenvalue weighted by Gasteiger charge is -2.34. The largest absolute Gasteiger partial charge is 0.488 e. The van der Waals surface area contributed by atoms with Crippen LogP contribution in [0.1, 0.15) is 25.0 Å². The van der Waals surface area contributed by atoms with Gasteiger partial charge < -0.3 is 25.4 Å². The highest BCUT2D eigenvalue weighted by Gasteiger charge is 2.31. The first-order valence-corrected chi connectivity index (χ1v) is 14.8. The van der Waals surface area contributed by atoms with Gasteiger partial charge in [-0.2, -0.15) is 0 Å². The zero-order chi connectivity index (χ0) is 30.3. The maximum absolute atomic E-state index is 13.5. The van der Waals surface area contributed by atoms with Crippen LogP contribution in [-0.2, 0) is 17.8 Å². The Morgan fingerprint density at radius 1 is 1.02 bits per heavy atom. The molecule has 3 amide bonds. The third-order valence-electron chi connectivity index (χ3n) is 8.00. The molecular formula is C35H40N4O4. The molecule has 0 aromatic heterocycles. The number of rotatable bonds is 8. The van der Waals surface area contributed by atoms with Crippen LogP contribution >= 0.6 is 0 Å². The van der Waals surface area contributed by atoms with E-state index >= 15 is 0 Å². The van der Waals surface area contributed by atoms with Crippen molar-refractivity contribution in [1.29, 1.82) is 0 Å². The molecule has 0 radical (unpaired) electrons. The number of carbonyl (C=O) groups excluding carboxylic acids is 2. The van der Waals surface area contributed by atoms with Crippen molar-refractivity contribution in [3.63, 3.8) is 0 Å². The molecule has 3 atom stereocenters. The molecule has 8 heteroatoms. The summed E-state index contributed by atoms with van der Waals surface area (Å²) < 4.78 is 6.64. The van der Waals surface area contributed by atoms with Crippen LogP contribution in [0.4, 0.5) is 16.2 Å². The zero-order valence-electron chi connectivity index (χ0n) is 25.0. The predicted molar refractivity (Wildman–Crippen MR) is 171 cm³/mol. The third kappa shape index (κ3) is 7.52. The van der Waals surface area contributed by atoms with E-state index in [4.69, 9.17) is 4.74 Å². The second-order valence-corrected chi connectivity index (χ2v) is 11.5. The molecule has 1 aliphatic rings. The molecule has 0 aliphatic carbocycles. The van der Waals surface area contributed by atoms with E-state index in [1.807, 2.05) is 73.7 Å². The number of benzene rings is 4. The lowest BCUT2D eigenvalue weighted by atomic mass is 10.0. The predicted octanol–water partition coefficient (Wildman–Crippen LogP) is 5.76. The fourth-order valence-electron chi connectivity index (χ4n) is 5.61. The maximum Gasteiger partial charge on any atom is 0.323 e. The van der Waals surface area contributed by atoms with E-state index in [9.17, 15) is 14.7 Å². The maximum atomic E-state index is 13.5. The number of fused-ring (bicyclic) bond motifs is 2. The zero-order valence-corrected chi connectivity index (χ0v) is 25.0. The Labute approximate surface area is 253 Å². The molecule has 1 heterocycles.